The number of nitrogens with zero attached hydrogens (tertiary/aromatic N) is 2. The van der Waals surface area contributed by atoms with Crippen LogP contribution in [0, 0.1) is 0 Å². The number of nitrogens with one attached hydrogen (secondary N) is 1. The quantitative estimate of drug-likeness (QED) is 0.341. The number of likely N-dealkylation sites (N-methyl/N-ethyl adjacent to an activating group) is 1. The first kappa shape index (κ1) is 30.7. The highest BCUT2D eigenvalue weighted by Crippen LogP contribution is 2.32. The topological polar surface area (TPSA) is 86.8 Å². The summed E-state index contributed by atoms with van der Waals surface area (Å²) < 4.78 is 65.5. The van der Waals surface area contributed by atoms with Gasteiger partial charge in [0.2, 0.25) is 21.8 Å². The van der Waals surface area contributed by atoms with Crippen LogP contribution < -0.4 is 9.62 Å². The maximum atomic E-state index is 13.6. The Balaban J connectivity index is 1.84. The Bertz CT molecular complexity index is 1380. The Morgan fingerprint density at radius 1 is 0.900 bits per heavy atom. The number of halogens is 3. The van der Waals surface area contributed by atoms with Gasteiger partial charge in [-0.25, -0.2) is 8.42 Å². The van der Waals surface area contributed by atoms with Gasteiger partial charge in [0.25, 0.3) is 0 Å². The third-order valence-corrected chi connectivity index (χ3v) is 7.52. The SMILES string of the molecule is CNC(=O)[C@@H](Cc1ccccc1)N(Cc1ccccc1)C(=O)CCCN(c1cccc(C(F)(F)F)c1)S(C)(=O)=O. The molecule has 0 radical (unpaired) electrons. The second kappa shape index (κ2) is 13.5. The van der Waals surface area contributed by atoms with Crippen molar-refractivity contribution >= 4 is 27.5 Å². The fourth-order valence-electron chi connectivity index (χ4n) is 4.34. The third-order valence-electron chi connectivity index (χ3n) is 6.33. The number of anilines is 1. The number of hydrogen-bond donors (Lipinski definition) is 1. The summed E-state index contributed by atoms with van der Waals surface area (Å²) in [6.07, 6.45) is -3.57. The number of carbonyl (C=O) groups excluding carboxylic acids is 2. The van der Waals surface area contributed by atoms with Gasteiger partial charge in [0.15, 0.2) is 0 Å². The van der Waals surface area contributed by atoms with Gasteiger partial charge in [-0.2, -0.15) is 13.2 Å². The van der Waals surface area contributed by atoms with Gasteiger partial charge in [-0.05, 0) is 35.7 Å². The molecule has 40 heavy (non-hydrogen) atoms. The molecule has 0 aliphatic carbocycles. The molecule has 0 spiro atoms. The molecule has 0 unspecified atom stereocenters. The zero-order chi connectivity index (χ0) is 29.3. The van der Waals surface area contributed by atoms with Crippen LogP contribution in [0.2, 0.25) is 0 Å². The molecule has 0 fully saturated rings. The average Bonchev–Trinajstić information content (AvgIpc) is 2.92. The van der Waals surface area contributed by atoms with Crippen molar-refractivity contribution in [2.24, 2.45) is 0 Å². The molecule has 0 aliphatic heterocycles. The number of benzene rings is 3. The summed E-state index contributed by atoms with van der Waals surface area (Å²) in [4.78, 5) is 28.0. The highest BCUT2D eigenvalue weighted by atomic mass is 32.2. The van der Waals surface area contributed by atoms with Crippen LogP contribution in [0.4, 0.5) is 18.9 Å². The molecule has 2 amide bonds. The van der Waals surface area contributed by atoms with E-state index in [-0.39, 0.29) is 49.9 Å². The first-order chi connectivity index (χ1) is 18.9. The van der Waals surface area contributed by atoms with E-state index in [1.54, 1.807) is 0 Å². The molecule has 0 bridgehead atoms. The lowest BCUT2D eigenvalue weighted by Gasteiger charge is -2.31. The fraction of sp³-hybridized carbons (Fsp3) is 0.310. The lowest BCUT2D eigenvalue weighted by atomic mass is 10.0. The van der Waals surface area contributed by atoms with Gasteiger partial charge in [-0.3, -0.25) is 13.9 Å². The van der Waals surface area contributed by atoms with Gasteiger partial charge >= 0.3 is 6.18 Å². The molecule has 0 heterocycles. The van der Waals surface area contributed by atoms with Gasteiger partial charge in [-0.15, -0.1) is 0 Å². The molecule has 0 saturated heterocycles. The van der Waals surface area contributed by atoms with E-state index in [9.17, 15) is 31.2 Å². The molecule has 0 aromatic heterocycles. The van der Waals surface area contributed by atoms with Crippen molar-refractivity contribution in [3.8, 4) is 0 Å². The van der Waals surface area contributed by atoms with Crippen LogP contribution in [0.5, 0.6) is 0 Å². The number of carbonyl (C=O) groups is 2. The van der Waals surface area contributed by atoms with Crippen molar-refractivity contribution in [2.45, 2.75) is 38.0 Å². The Hall–Kier alpha value is -3.86. The van der Waals surface area contributed by atoms with E-state index in [1.165, 1.54) is 18.0 Å². The summed E-state index contributed by atoms with van der Waals surface area (Å²) in [6.45, 7) is -0.0671. The van der Waals surface area contributed by atoms with E-state index < -0.39 is 27.8 Å². The molecular weight excluding hydrogens is 543 g/mol. The highest BCUT2D eigenvalue weighted by Gasteiger charge is 2.32. The highest BCUT2D eigenvalue weighted by molar-refractivity contribution is 7.92. The first-order valence-electron chi connectivity index (χ1n) is 12.6. The van der Waals surface area contributed by atoms with Crippen molar-refractivity contribution < 1.29 is 31.2 Å². The van der Waals surface area contributed by atoms with Crippen LogP contribution in [0.25, 0.3) is 0 Å². The average molecular weight is 576 g/mol. The molecule has 11 heteroatoms. The van der Waals surface area contributed by atoms with Gasteiger partial charge < -0.3 is 10.2 Å². The summed E-state index contributed by atoms with van der Waals surface area (Å²) in [5, 5.41) is 2.63. The standard InChI is InChI=1S/C29H32F3N3O4S/c1-33-28(37)26(19-22-11-5-3-6-12-22)34(21-23-13-7-4-8-14-23)27(36)17-10-18-35(40(2,38)39)25-16-9-15-24(20-25)29(30,31)32/h3-9,11-16,20,26H,10,17-19,21H2,1-2H3,(H,33,37)/t26-/m1/s1. The predicted octanol–water partition coefficient (Wildman–Crippen LogP) is 4.64. The maximum Gasteiger partial charge on any atom is 0.416 e. The summed E-state index contributed by atoms with van der Waals surface area (Å²) in [5.41, 5.74) is 0.547. The second-order valence-electron chi connectivity index (χ2n) is 9.31. The van der Waals surface area contributed by atoms with Crippen LogP contribution in [-0.2, 0) is 38.8 Å². The van der Waals surface area contributed by atoms with Crippen molar-refractivity contribution in [2.75, 3.05) is 24.2 Å². The minimum Gasteiger partial charge on any atom is -0.357 e. The minimum absolute atomic E-state index is 0.0270. The summed E-state index contributed by atoms with van der Waals surface area (Å²) in [5.74, 6) is -0.735. The predicted molar refractivity (Wildman–Crippen MR) is 148 cm³/mol. The summed E-state index contributed by atoms with van der Waals surface area (Å²) >= 11 is 0. The molecule has 214 valence electrons. The van der Waals surface area contributed by atoms with E-state index in [1.807, 2.05) is 60.7 Å². The number of sulfonamides is 1. The van der Waals surface area contributed by atoms with Crippen LogP contribution in [0.3, 0.4) is 0 Å². The van der Waals surface area contributed by atoms with Gasteiger partial charge in [0.05, 0.1) is 17.5 Å². The molecule has 0 aliphatic rings. The molecule has 3 aromatic carbocycles. The first-order valence-corrected chi connectivity index (χ1v) is 14.5. The zero-order valence-electron chi connectivity index (χ0n) is 22.3. The fourth-order valence-corrected chi connectivity index (χ4v) is 5.30. The normalized spacial score (nSPS) is 12.4. The third kappa shape index (κ3) is 8.57. The molecule has 7 nitrogen and oxygen atoms in total. The number of alkyl halides is 3. The summed E-state index contributed by atoms with van der Waals surface area (Å²) in [6, 6.07) is 21.6. The number of amides is 2. The van der Waals surface area contributed by atoms with Gasteiger partial charge in [0.1, 0.15) is 6.04 Å². The van der Waals surface area contributed by atoms with Crippen LogP contribution >= 0.6 is 0 Å². The van der Waals surface area contributed by atoms with E-state index >= 15 is 0 Å². The Morgan fingerprint density at radius 3 is 2.05 bits per heavy atom. The molecule has 3 aromatic rings. The van der Waals surface area contributed by atoms with Gasteiger partial charge in [0, 0.05) is 33.0 Å². The molecule has 0 saturated carbocycles. The molecule has 1 N–H and O–H groups in total. The van der Waals surface area contributed by atoms with Crippen LogP contribution in [-0.4, -0.2) is 51.0 Å². The van der Waals surface area contributed by atoms with Crippen molar-refractivity contribution in [3.05, 3.63) is 102 Å². The second-order valence-corrected chi connectivity index (χ2v) is 11.2. The minimum atomic E-state index is -4.64. The monoisotopic (exact) mass is 575 g/mol. The lowest BCUT2D eigenvalue weighted by Crippen LogP contribution is -2.49. The summed E-state index contributed by atoms with van der Waals surface area (Å²) in [7, 11) is -2.45. The van der Waals surface area contributed by atoms with E-state index in [0.717, 1.165) is 39.9 Å². The van der Waals surface area contributed by atoms with Crippen molar-refractivity contribution in [1.82, 2.24) is 10.2 Å². The number of rotatable bonds is 12. The zero-order valence-corrected chi connectivity index (χ0v) is 23.1. The van der Waals surface area contributed by atoms with Crippen molar-refractivity contribution in [3.63, 3.8) is 0 Å². The molecule has 1 atom stereocenters. The van der Waals surface area contributed by atoms with Crippen LogP contribution in [0.1, 0.15) is 29.5 Å². The van der Waals surface area contributed by atoms with E-state index in [4.69, 9.17) is 0 Å². The smallest absolute Gasteiger partial charge is 0.357 e. The van der Waals surface area contributed by atoms with Crippen LogP contribution in [0.15, 0.2) is 84.9 Å². The van der Waals surface area contributed by atoms with E-state index in [0.29, 0.717) is 0 Å². The Morgan fingerprint density at radius 2 is 1.50 bits per heavy atom. The number of hydrogen-bond acceptors (Lipinski definition) is 4. The van der Waals surface area contributed by atoms with Gasteiger partial charge in [-0.1, -0.05) is 66.7 Å². The maximum absolute atomic E-state index is 13.6. The Kier molecular flexibility index (Phi) is 10.3. The largest absolute Gasteiger partial charge is 0.416 e. The molecular formula is C29H32F3N3O4S. The van der Waals surface area contributed by atoms with E-state index in [2.05, 4.69) is 5.32 Å². The van der Waals surface area contributed by atoms with Crippen molar-refractivity contribution in [1.29, 1.82) is 0 Å². The Labute approximate surface area is 232 Å². The molecule has 3 rings (SSSR count). The lowest BCUT2D eigenvalue weighted by molar-refractivity contribution is -0.141.